The third kappa shape index (κ3) is 2.97. The van der Waals surface area contributed by atoms with Crippen LogP contribution < -0.4 is 10.5 Å². The van der Waals surface area contributed by atoms with E-state index in [9.17, 15) is 4.79 Å². The number of hydrogen-bond donors (Lipinski definition) is 0. The van der Waals surface area contributed by atoms with Crippen molar-refractivity contribution in [2.24, 2.45) is 0 Å². The molecule has 1 aliphatic rings. The van der Waals surface area contributed by atoms with E-state index in [1.165, 1.54) is 16.9 Å². The number of anilines is 1. The minimum atomic E-state index is 0.0466. The maximum Gasteiger partial charge on any atom is 0.268 e. The molecule has 0 saturated carbocycles. The number of benzene rings is 1. The minimum Gasteiger partial charge on any atom is -0.342 e. The maximum absolute atomic E-state index is 13.3. The monoisotopic (exact) mass is 353 g/mol. The van der Waals surface area contributed by atoms with E-state index >= 15 is 0 Å². The summed E-state index contributed by atoms with van der Waals surface area (Å²) >= 11 is 1.64. The van der Waals surface area contributed by atoms with Crippen LogP contribution in [-0.2, 0) is 6.42 Å². The lowest BCUT2D eigenvalue weighted by atomic mass is 10.1. The van der Waals surface area contributed by atoms with Gasteiger partial charge in [-0.1, -0.05) is 24.6 Å². The summed E-state index contributed by atoms with van der Waals surface area (Å²) in [5.41, 5.74) is 2.13. The lowest BCUT2D eigenvalue weighted by Crippen LogP contribution is -2.35. The van der Waals surface area contributed by atoms with Gasteiger partial charge in [-0.2, -0.15) is 0 Å². The minimum absolute atomic E-state index is 0.0466. The number of aromatic nitrogens is 2. The van der Waals surface area contributed by atoms with E-state index in [1.807, 2.05) is 18.2 Å². The number of thiophene rings is 1. The molecule has 0 spiro atoms. The Kier molecular flexibility index (Phi) is 4.34. The molecule has 5 heteroatoms. The first-order valence-corrected chi connectivity index (χ1v) is 9.86. The van der Waals surface area contributed by atoms with E-state index in [2.05, 4.69) is 30.9 Å². The topological polar surface area (TPSA) is 38.1 Å². The van der Waals surface area contributed by atoms with Gasteiger partial charge in [-0.3, -0.25) is 4.79 Å². The molecule has 1 saturated heterocycles. The van der Waals surface area contributed by atoms with Gasteiger partial charge in [-0.05, 0) is 50.8 Å². The Hall–Kier alpha value is -2.14. The smallest absolute Gasteiger partial charge is 0.268 e. The molecule has 0 N–H and O–H groups in total. The van der Waals surface area contributed by atoms with E-state index in [-0.39, 0.29) is 5.56 Å². The van der Waals surface area contributed by atoms with Crippen molar-refractivity contribution in [1.82, 2.24) is 9.55 Å². The Morgan fingerprint density at radius 1 is 1.12 bits per heavy atom. The highest BCUT2D eigenvalue weighted by molar-refractivity contribution is 7.18. The SMILES string of the molecule is CCc1cc2c(=O)n(-c3ccc(C)cc3)c(N3CCCCC3)nc2s1. The second kappa shape index (κ2) is 6.64. The third-order valence-corrected chi connectivity index (χ3v) is 6.05. The molecule has 1 fully saturated rings. The van der Waals surface area contributed by atoms with Crippen LogP contribution in [0, 0.1) is 6.92 Å². The van der Waals surface area contributed by atoms with Crippen molar-refractivity contribution in [3.8, 4) is 5.69 Å². The second-order valence-corrected chi connectivity index (χ2v) is 7.84. The molecule has 0 unspecified atom stereocenters. The van der Waals surface area contributed by atoms with Crippen molar-refractivity contribution in [3.05, 3.63) is 51.1 Å². The van der Waals surface area contributed by atoms with Crippen LogP contribution in [0.1, 0.15) is 36.6 Å². The second-order valence-electron chi connectivity index (χ2n) is 6.72. The molecule has 4 nitrogen and oxygen atoms in total. The highest BCUT2D eigenvalue weighted by Crippen LogP contribution is 2.27. The predicted molar refractivity (Wildman–Crippen MR) is 105 cm³/mol. The van der Waals surface area contributed by atoms with Crippen LogP contribution in [0.15, 0.2) is 35.1 Å². The van der Waals surface area contributed by atoms with Crippen molar-refractivity contribution in [1.29, 1.82) is 0 Å². The molecule has 1 aliphatic heterocycles. The van der Waals surface area contributed by atoms with Crippen LogP contribution in [0.25, 0.3) is 15.9 Å². The van der Waals surface area contributed by atoms with Gasteiger partial charge in [-0.25, -0.2) is 9.55 Å². The molecule has 0 atom stereocenters. The summed E-state index contributed by atoms with van der Waals surface area (Å²) in [5.74, 6) is 0.797. The first kappa shape index (κ1) is 16.3. The third-order valence-electron chi connectivity index (χ3n) is 4.88. The van der Waals surface area contributed by atoms with Gasteiger partial charge in [0.1, 0.15) is 4.83 Å². The zero-order chi connectivity index (χ0) is 17.4. The van der Waals surface area contributed by atoms with E-state index < -0.39 is 0 Å². The van der Waals surface area contributed by atoms with Gasteiger partial charge in [0.2, 0.25) is 5.95 Å². The van der Waals surface area contributed by atoms with Gasteiger partial charge < -0.3 is 4.90 Å². The summed E-state index contributed by atoms with van der Waals surface area (Å²) < 4.78 is 1.80. The van der Waals surface area contributed by atoms with E-state index in [4.69, 9.17) is 4.98 Å². The first-order chi connectivity index (χ1) is 12.2. The largest absolute Gasteiger partial charge is 0.342 e. The lowest BCUT2D eigenvalue weighted by molar-refractivity contribution is 0.563. The average Bonchev–Trinajstić information content (AvgIpc) is 3.07. The molecular weight excluding hydrogens is 330 g/mol. The van der Waals surface area contributed by atoms with Gasteiger partial charge >= 0.3 is 0 Å². The standard InChI is InChI=1S/C20H23N3OS/c1-3-16-13-17-18(25-16)21-20(22-11-5-4-6-12-22)23(19(17)24)15-9-7-14(2)8-10-15/h7-10,13H,3-6,11-12H2,1-2H3. The van der Waals surface area contributed by atoms with Gasteiger partial charge in [-0.15, -0.1) is 11.3 Å². The fraction of sp³-hybridized carbons (Fsp3) is 0.400. The van der Waals surface area contributed by atoms with Gasteiger partial charge in [0, 0.05) is 18.0 Å². The highest BCUT2D eigenvalue weighted by Gasteiger charge is 2.21. The lowest BCUT2D eigenvalue weighted by Gasteiger charge is -2.29. The number of nitrogens with zero attached hydrogens (tertiary/aromatic N) is 3. The van der Waals surface area contributed by atoms with Crippen LogP contribution >= 0.6 is 11.3 Å². The van der Waals surface area contributed by atoms with Crippen molar-refractivity contribution in [2.45, 2.75) is 39.5 Å². The van der Waals surface area contributed by atoms with E-state index in [0.717, 1.165) is 54.2 Å². The van der Waals surface area contributed by atoms with E-state index in [0.29, 0.717) is 0 Å². The number of fused-ring (bicyclic) bond motifs is 1. The summed E-state index contributed by atoms with van der Waals surface area (Å²) in [7, 11) is 0. The summed E-state index contributed by atoms with van der Waals surface area (Å²) in [6.07, 6.45) is 4.51. The van der Waals surface area contributed by atoms with Gasteiger partial charge in [0.25, 0.3) is 5.56 Å². The molecule has 4 rings (SSSR count). The summed E-state index contributed by atoms with van der Waals surface area (Å²) in [5, 5.41) is 0.739. The number of aryl methyl sites for hydroxylation is 2. The fourth-order valence-corrected chi connectivity index (χ4v) is 4.38. The maximum atomic E-state index is 13.3. The number of rotatable bonds is 3. The zero-order valence-corrected chi connectivity index (χ0v) is 15.6. The Labute approximate surface area is 151 Å². The first-order valence-electron chi connectivity index (χ1n) is 9.05. The predicted octanol–water partition coefficient (Wildman–Crippen LogP) is 4.31. The summed E-state index contributed by atoms with van der Waals surface area (Å²) in [6.45, 7) is 6.12. The highest BCUT2D eigenvalue weighted by atomic mass is 32.1. The van der Waals surface area contributed by atoms with Crippen molar-refractivity contribution in [2.75, 3.05) is 18.0 Å². The normalized spacial score (nSPS) is 15.0. The molecule has 3 heterocycles. The average molecular weight is 353 g/mol. The van der Waals surface area contributed by atoms with Gasteiger partial charge in [0.05, 0.1) is 11.1 Å². The van der Waals surface area contributed by atoms with Crippen LogP contribution in [0.4, 0.5) is 5.95 Å². The molecule has 2 aromatic heterocycles. The summed E-state index contributed by atoms with van der Waals surface area (Å²) in [4.78, 5) is 22.6. The number of piperidine rings is 1. The molecule has 0 amide bonds. The molecule has 3 aromatic rings. The van der Waals surface area contributed by atoms with E-state index in [1.54, 1.807) is 15.9 Å². The zero-order valence-electron chi connectivity index (χ0n) is 14.8. The molecule has 25 heavy (non-hydrogen) atoms. The quantitative estimate of drug-likeness (QED) is 0.704. The van der Waals surface area contributed by atoms with Crippen LogP contribution in [0.2, 0.25) is 0 Å². The Bertz CT molecular complexity index is 949. The van der Waals surface area contributed by atoms with Crippen LogP contribution in [-0.4, -0.2) is 22.6 Å². The molecule has 0 radical (unpaired) electrons. The molecule has 1 aromatic carbocycles. The molecule has 0 bridgehead atoms. The fourth-order valence-electron chi connectivity index (χ4n) is 3.43. The number of hydrogen-bond acceptors (Lipinski definition) is 4. The molecular formula is C20H23N3OS. The van der Waals surface area contributed by atoms with Crippen molar-refractivity contribution < 1.29 is 0 Å². The molecule has 130 valence electrons. The van der Waals surface area contributed by atoms with Crippen molar-refractivity contribution >= 4 is 27.5 Å². The van der Waals surface area contributed by atoms with Crippen molar-refractivity contribution in [3.63, 3.8) is 0 Å². The van der Waals surface area contributed by atoms with Gasteiger partial charge in [0.15, 0.2) is 0 Å². The molecule has 0 aliphatic carbocycles. The Morgan fingerprint density at radius 2 is 1.84 bits per heavy atom. The van der Waals surface area contributed by atoms with Crippen LogP contribution in [0.3, 0.4) is 0 Å². The van der Waals surface area contributed by atoms with Crippen LogP contribution in [0.5, 0.6) is 0 Å². The summed E-state index contributed by atoms with van der Waals surface area (Å²) in [6, 6.07) is 10.2. The Morgan fingerprint density at radius 3 is 2.52 bits per heavy atom. The Balaban J connectivity index is 1.97.